The minimum atomic E-state index is 1.24. The van der Waals surface area contributed by atoms with Gasteiger partial charge in [-0.3, -0.25) is 0 Å². The Kier molecular flexibility index (Phi) is 4.43. The van der Waals surface area contributed by atoms with Crippen molar-refractivity contribution >= 4 is 84.8 Å². The number of thiophene rings is 2. The first kappa shape index (κ1) is 21.5. The number of rotatable bonds is 2. The van der Waals surface area contributed by atoms with Crippen LogP contribution in [-0.4, -0.2) is 4.57 Å². The molecule has 0 saturated heterocycles. The zero-order chi connectivity index (χ0) is 25.5. The van der Waals surface area contributed by atoms with Crippen LogP contribution in [0.4, 0.5) is 0 Å². The first-order valence-electron chi connectivity index (χ1n) is 13.2. The topological polar surface area (TPSA) is 4.93 Å². The Morgan fingerprint density at radius 2 is 0.974 bits per heavy atom. The van der Waals surface area contributed by atoms with Crippen LogP contribution in [0.25, 0.3) is 79.0 Å². The molecule has 3 heterocycles. The fourth-order valence-electron chi connectivity index (χ4n) is 6.26. The first-order chi connectivity index (χ1) is 19.3. The van der Waals surface area contributed by atoms with E-state index in [9.17, 15) is 0 Å². The maximum absolute atomic E-state index is 2.46. The molecule has 0 aliphatic carbocycles. The zero-order valence-corrected chi connectivity index (χ0v) is 22.5. The van der Waals surface area contributed by atoms with Gasteiger partial charge >= 0.3 is 0 Å². The average molecular weight is 532 g/mol. The molecule has 3 heteroatoms. The summed E-state index contributed by atoms with van der Waals surface area (Å²) in [7, 11) is 0. The van der Waals surface area contributed by atoms with E-state index in [1.165, 1.54) is 79.0 Å². The molecule has 0 bridgehead atoms. The fraction of sp³-hybridized carbons (Fsp3) is 0. The van der Waals surface area contributed by atoms with E-state index in [-0.39, 0.29) is 0 Å². The molecule has 0 N–H and O–H groups in total. The Morgan fingerprint density at radius 3 is 1.85 bits per heavy atom. The van der Waals surface area contributed by atoms with Gasteiger partial charge in [0, 0.05) is 51.1 Å². The van der Waals surface area contributed by atoms with Crippen molar-refractivity contribution in [3.8, 4) is 16.8 Å². The van der Waals surface area contributed by atoms with Crippen LogP contribution in [0, 0.1) is 0 Å². The zero-order valence-electron chi connectivity index (χ0n) is 20.9. The van der Waals surface area contributed by atoms with E-state index in [1.54, 1.807) is 0 Å². The summed E-state index contributed by atoms with van der Waals surface area (Å²) in [6.45, 7) is 0. The lowest BCUT2D eigenvalue weighted by atomic mass is 10.0. The van der Waals surface area contributed by atoms with Gasteiger partial charge in [0.05, 0.1) is 16.7 Å². The van der Waals surface area contributed by atoms with Gasteiger partial charge in [0.1, 0.15) is 0 Å². The van der Waals surface area contributed by atoms with Gasteiger partial charge in [-0.15, -0.1) is 22.7 Å². The van der Waals surface area contributed by atoms with E-state index in [4.69, 9.17) is 0 Å². The summed E-state index contributed by atoms with van der Waals surface area (Å²) >= 11 is 3.74. The van der Waals surface area contributed by atoms with Crippen molar-refractivity contribution < 1.29 is 0 Å². The van der Waals surface area contributed by atoms with Gasteiger partial charge in [-0.1, -0.05) is 72.8 Å². The number of benzene rings is 6. The predicted octanol–water partition coefficient (Wildman–Crippen LogP) is 11.2. The Labute approximate surface area is 232 Å². The Balaban J connectivity index is 1.32. The third-order valence-electron chi connectivity index (χ3n) is 8.00. The summed E-state index contributed by atoms with van der Waals surface area (Å²) < 4.78 is 7.81. The van der Waals surface area contributed by atoms with E-state index in [1.807, 2.05) is 22.7 Å². The molecular weight excluding hydrogens is 511 g/mol. The van der Waals surface area contributed by atoms with Crippen LogP contribution in [0.3, 0.4) is 0 Å². The average Bonchev–Trinajstić information content (AvgIpc) is 3.66. The highest BCUT2D eigenvalue weighted by atomic mass is 32.1. The second-order valence-electron chi connectivity index (χ2n) is 10.1. The van der Waals surface area contributed by atoms with Crippen molar-refractivity contribution in [1.29, 1.82) is 0 Å². The Morgan fingerprint density at radius 1 is 0.385 bits per heavy atom. The van der Waals surface area contributed by atoms with Gasteiger partial charge < -0.3 is 4.57 Å². The number of nitrogens with zero attached hydrogens (tertiary/aromatic N) is 1. The lowest BCUT2D eigenvalue weighted by Crippen LogP contribution is -1.94. The van der Waals surface area contributed by atoms with Crippen molar-refractivity contribution in [3.05, 3.63) is 127 Å². The molecule has 6 aromatic carbocycles. The molecule has 0 amide bonds. The quantitative estimate of drug-likeness (QED) is 0.209. The van der Waals surface area contributed by atoms with Gasteiger partial charge in [-0.2, -0.15) is 0 Å². The molecule has 0 atom stereocenters. The molecule has 0 fully saturated rings. The Hall–Kier alpha value is -4.44. The maximum atomic E-state index is 2.46. The smallest absolute Gasteiger partial charge is 0.0555 e. The standard InChI is InChI=1S/C36H21NS2/c1-4-11-29-24(8-1)27-20-22(23-17-19-34-28(21-23)25-9-2-5-13-32(25)38-34)16-18-30(27)37(29)31-12-7-15-35-36(31)26-10-3-6-14-33(26)39-35/h1-21H. The van der Waals surface area contributed by atoms with Crippen molar-refractivity contribution in [2.75, 3.05) is 0 Å². The molecule has 3 aromatic heterocycles. The summed E-state index contributed by atoms with van der Waals surface area (Å²) in [5, 5.41) is 7.91. The summed E-state index contributed by atoms with van der Waals surface area (Å²) in [6.07, 6.45) is 0. The minimum absolute atomic E-state index is 1.24. The van der Waals surface area contributed by atoms with Gasteiger partial charge in [0.15, 0.2) is 0 Å². The number of hydrogen-bond acceptors (Lipinski definition) is 2. The molecule has 0 aliphatic rings. The van der Waals surface area contributed by atoms with Crippen LogP contribution >= 0.6 is 22.7 Å². The summed E-state index contributed by atoms with van der Waals surface area (Å²) in [5.74, 6) is 0. The molecule has 9 rings (SSSR count). The second-order valence-corrected chi connectivity index (χ2v) is 12.3. The van der Waals surface area contributed by atoms with Crippen LogP contribution in [0.15, 0.2) is 127 Å². The monoisotopic (exact) mass is 531 g/mol. The second kappa shape index (κ2) is 8.03. The van der Waals surface area contributed by atoms with Crippen LogP contribution in [0.5, 0.6) is 0 Å². The van der Waals surface area contributed by atoms with Crippen molar-refractivity contribution in [1.82, 2.24) is 4.57 Å². The third kappa shape index (κ3) is 3.06. The van der Waals surface area contributed by atoms with E-state index in [0.29, 0.717) is 0 Å². The fourth-order valence-corrected chi connectivity index (χ4v) is 8.47. The summed E-state index contributed by atoms with van der Waals surface area (Å²) in [6, 6.07) is 47.0. The molecule has 9 aromatic rings. The van der Waals surface area contributed by atoms with E-state index in [2.05, 4.69) is 132 Å². The maximum Gasteiger partial charge on any atom is 0.0555 e. The lowest BCUT2D eigenvalue weighted by molar-refractivity contribution is 1.20. The normalized spacial score (nSPS) is 12.1. The number of para-hydroxylation sites is 1. The van der Waals surface area contributed by atoms with Crippen LogP contribution in [-0.2, 0) is 0 Å². The molecule has 0 spiro atoms. The number of fused-ring (bicyclic) bond motifs is 9. The highest BCUT2D eigenvalue weighted by molar-refractivity contribution is 7.26. The minimum Gasteiger partial charge on any atom is -0.309 e. The molecule has 0 saturated carbocycles. The van der Waals surface area contributed by atoms with E-state index < -0.39 is 0 Å². The van der Waals surface area contributed by atoms with Crippen LogP contribution in [0.2, 0.25) is 0 Å². The van der Waals surface area contributed by atoms with E-state index >= 15 is 0 Å². The van der Waals surface area contributed by atoms with Crippen LogP contribution in [0.1, 0.15) is 0 Å². The highest BCUT2D eigenvalue weighted by Crippen LogP contribution is 2.42. The first-order valence-corrected chi connectivity index (χ1v) is 14.8. The van der Waals surface area contributed by atoms with Gasteiger partial charge in [-0.05, 0) is 65.7 Å². The third-order valence-corrected chi connectivity index (χ3v) is 10.3. The molecule has 0 aliphatic heterocycles. The van der Waals surface area contributed by atoms with Crippen molar-refractivity contribution in [3.63, 3.8) is 0 Å². The van der Waals surface area contributed by atoms with Crippen LogP contribution < -0.4 is 0 Å². The summed E-state index contributed by atoms with van der Waals surface area (Å²) in [4.78, 5) is 0. The lowest BCUT2D eigenvalue weighted by Gasteiger charge is -2.11. The molecule has 182 valence electrons. The number of aromatic nitrogens is 1. The molecule has 0 radical (unpaired) electrons. The van der Waals surface area contributed by atoms with Crippen molar-refractivity contribution in [2.45, 2.75) is 0 Å². The largest absolute Gasteiger partial charge is 0.309 e. The highest BCUT2D eigenvalue weighted by Gasteiger charge is 2.17. The van der Waals surface area contributed by atoms with Crippen molar-refractivity contribution in [2.24, 2.45) is 0 Å². The Bertz CT molecular complexity index is 2400. The van der Waals surface area contributed by atoms with E-state index in [0.717, 1.165) is 0 Å². The predicted molar refractivity (Wildman–Crippen MR) is 172 cm³/mol. The molecular formula is C36H21NS2. The van der Waals surface area contributed by atoms with Gasteiger partial charge in [0.2, 0.25) is 0 Å². The van der Waals surface area contributed by atoms with Gasteiger partial charge in [0.25, 0.3) is 0 Å². The molecule has 39 heavy (non-hydrogen) atoms. The molecule has 0 unspecified atom stereocenters. The molecule has 1 nitrogen and oxygen atoms in total. The van der Waals surface area contributed by atoms with Gasteiger partial charge in [-0.25, -0.2) is 0 Å². The SMILES string of the molecule is c1ccc2c(c1)sc1ccc(-c3ccc4c(c3)c3ccccc3n4-c3cccc4sc5ccccc5c34)cc12. The number of hydrogen-bond donors (Lipinski definition) is 0. The summed E-state index contributed by atoms with van der Waals surface area (Å²) in [5.41, 5.74) is 6.24.